The molecule has 0 aliphatic carbocycles. The molecule has 1 aromatic rings. The number of alkyl halides is 3. The van der Waals surface area contributed by atoms with Gasteiger partial charge in [0.05, 0.1) is 6.61 Å². The van der Waals surface area contributed by atoms with Gasteiger partial charge in [-0.2, -0.15) is 0 Å². The molecular formula is C16H20F4N2O3. The molecule has 9 heteroatoms. The van der Waals surface area contributed by atoms with Crippen LogP contribution in [-0.4, -0.2) is 30.7 Å². The van der Waals surface area contributed by atoms with Gasteiger partial charge in [-0.05, 0) is 43.5 Å². The first-order valence-electron chi connectivity index (χ1n) is 7.66. The maximum absolute atomic E-state index is 12.6. The lowest BCUT2D eigenvalue weighted by Gasteiger charge is -2.10. The second-order valence-corrected chi connectivity index (χ2v) is 5.11. The van der Waals surface area contributed by atoms with Crippen molar-refractivity contribution in [3.05, 3.63) is 36.2 Å². The van der Waals surface area contributed by atoms with E-state index < -0.39 is 24.8 Å². The van der Waals surface area contributed by atoms with Gasteiger partial charge in [0.25, 0.3) is 0 Å². The summed E-state index contributed by atoms with van der Waals surface area (Å²) in [5.74, 6) is -0.922. The fraction of sp³-hybridized carbons (Fsp3) is 0.438. The maximum Gasteiger partial charge on any atom is 0.573 e. The number of hydrogen-bond donors (Lipinski definition) is 3. The third-order valence-corrected chi connectivity index (χ3v) is 3.03. The van der Waals surface area contributed by atoms with Crippen molar-refractivity contribution >= 4 is 11.7 Å². The molecular weight excluding hydrogens is 344 g/mol. The van der Waals surface area contributed by atoms with Crippen molar-refractivity contribution in [1.29, 1.82) is 0 Å². The van der Waals surface area contributed by atoms with Crippen LogP contribution in [0.1, 0.15) is 25.7 Å². The van der Waals surface area contributed by atoms with E-state index in [1.54, 1.807) is 0 Å². The summed E-state index contributed by atoms with van der Waals surface area (Å²) >= 11 is 0. The normalized spacial score (nSPS) is 12.0. The van der Waals surface area contributed by atoms with E-state index in [2.05, 4.69) is 15.4 Å². The molecule has 3 N–H and O–H groups in total. The number of ether oxygens (including phenoxy) is 1. The van der Waals surface area contributed by atoms with Gasteiger partial charge in [0.2, 0.25) is 0 Å². The molecule has 0 aliphatic heterocycles. The fourth-order valence-electron chi connectivity index (χ4n) is 1.89. The monoisotopic (exact) mass is 364 g/mol. The van der Waals surface area contributed by atoms with E-state index in [-0.39, 0.29) is 5.75 Å². The second-order valence-electron chi connectivity index (χ2n) is 5.11. The first kappa shape index (κ1) is 20.8. The van der Waals surface area contributed by atoms with E-state index in [1.165, 1.54) is 18.2 Å². The molecule has 0 radical (unpaired) electrons. The number of aliphatic hydroxyl groups excluding tert-OH is 1. The van der Waals surface area contributed by atoms with Gasteiger partial charge in [0, 0.05) is 12.2 Å². The van der Waals surface area contributed by atoms with Gasteiger partial charge in [-0.15, -0.1) is 13.2 Å². The number of anilines is 1. The van der Waals surface area contributed by atoms with Crippen LogP contribution in [0.25, 0.3) is 0 Å². The summed E-state index contributed by atoms with van der Waals surface area (Å²) in [6.07, 6.45) is -0.708. The van der Waals surface area contributed by atoms with Gasteiger partial charge in [0.15, 0.2) is 0 Å². The molecule has 2 amide bonds. The largest absolute Gasteiger partial charge is 0.573 e. The smallest absolute Gasteiger partial charge is 0.406 e. The summed E-state index contributed by atoms with van der Waals surface area (Å²) in [5, 5.41) is 13.6. The van der Waals surface area contributed by atoms with Crippen LogP contribution in [0.5, 0.6) is 5.75 Å². The number of urea groups is 1. The maximum atomic E-state index is 12.6. The van der Waals surface area contributed by atoms with Crippen LogP contribution in [0, 0.1) is 0 Å². The lowest BCUT2D eigenvalue weighted by atomic mass is 10.2. The van der Waals surface area contributed by atoms with Crippen molar-refractivity contribution in [2.24, 2.45) is 0 Å². The quantitative estimate of drug-likeness (QED) is 0.456. The van der Waals surface area contributed by atoms with Crippen LogP contribution in [-0.2, 0) is 0 Å². The molecule has 25 heavy (non-hydrogen) atoms. The fourth-order valence-corrected chi connectivity index (χ4v) is 1.89. The van der Waals surface area contributed by atoms with Crippen LogP contribution in [0.2, 0.25) is 0 Å². The van der Waals surface area contributed by atoms with E-state index in [9.17, 15) is 22.4 Å². The zero-order valence-corrected chi connectivity index (χ0v) is 13.4. The molecule has 0 atom stereocenters. The molecule has 140 valence electrons. The lowest BCUT2D eigenvalue weighted by Crippen LogP contribution is -2.29. The first-order chi connectivity index (χ1) is 11.8. The summed E-state index contributed by atoms with van der Waals surface area (Å²) in [6.45, 7) is -0.182. The highest BCUT2D eigenvalue weighted by Gasteiger charge is 2.30. The van der Waals surface area contributed by atoms with Crippen LogP contribution in [0.15, 0.2) is 36.2 Å². The Morgan fingerprint density at radius 3 is 2.44 bits per heavy atom. The summed E-state index contributed by atoms with van der Waals surface area (Å²) < 4.78 is 52.4. The number of benzene rings is 1. The number of carbonyl (C=O) groups is 1. The number of halogens is 4. The summed E-state index contributed by atoms with van der Waals surface area (Å²) in [6, 6.07) is 4.31. The van der Waals surface area contributed by atoms with Gasteiger partial charge in [-0.25, -0.2) is 9.18 Å². The zero-order valence-electron chi connectivity index (χ0n) is 13.4. The number of unbranched alkanes of at least 4 members (excludes halogenated alkanes) is 3. The number of allylic oxidation sites excluding steroid dienone is 1. The van der Waals surface area contributed by atoms with Crippen molar-refractivity contribution in [1.82, 2.24) is 5.32 Å². The van der Waals surface area contributed by atoms with Crippen molar-refractivity contribution in [3.8, 4) is 5.75 Å². The van der Waals surface area contributed by atoms with Crippen LogP contribution in [0.3, 0.4) is 0 Å². The summed E-state index contributed by atoms with van der Waals surface area (Å²) in [4.78, 5) is 11.6. The molecule has 0 bridgehead atoms. The minimum Gasteiger partial charge on any atom is -0.406 e. The molecule has 0 unspecified atom stereocenters. The van der Waals surface area contributed by atoms with Gasteiger partial charge in [0.1, 0.15) is 11.6 Å². The molecule has 5 nitrogen and oxygen atoms in total. The number of aliphatic hydroxyl groups is 1. The third-order valence-electron chi connectivity index (χ3n) is 3.03. The number of nitrogens with one attached hydrogen (secondary N) is 2. The van der Waals surface area contributed by atoms with E-state index in [0.717, 1.165) is 25.0 Å². The van der Waals surface area contributed by atoms with Crippen LogP contribution >= 0.6 is 0 Å². The minimum atomic E-state index is -4.76. The van der Waals surface area contributed by atoms with Crippen molar-refractivity contribution in [2.75, 3.05) is 18.5 Å². The number of carbonyl (C=O) groups excluding carboxylic acids is 1. The minimum absolute atomic E-state index is 0.330. The van der Waals surface area contributed by atoms with Crippen molar-refractivity contribution in [3.63, 3.8) is 0 Å². The Labute approximate surface area is 142 Å². The van der Waals surface area contributed by atoms with Crippen LogP contribution < -0.4 is 15.4 Å². The predicted octanol–water partition coefficient (Wildman–Crippen LogP) is 4.11. The Morgan fingerprint density at radius 1 is 1.16 bits per heavy atom. The molecule has 0 spiro atoms. The Kier molecular flexibility index (Phi) is 8.76. The van der Waals surface area contributed by atoms with Gasteiger partial charge >= 0.3 is 12.4 Å². The Morgan fingerprint density at radius 2 is 1.84 bits per heavy atom. The van der Waals surface area contributed by atoms with Gasteiger partial charge in [-0.3, -0.25) is 0 Å². The number of amides is 2. The number of rotatable bonds is 9. The molecule has 1 rings (SSSR count). The molecule has 0 saturated carbocycles. The molecule has 1 aromatic carbocycles. The molecule has 0 aromatic heterocycles. The standard InChI is InChI=1S/C16H20F4N2O3/c17-12(11-23)5-3-1-2-4-10-21-15(24)22-13-6-8-14(9-7-13)25-16(18,19)20/h5-9,23H,1-4,10-11H2,(H2,21,22,24)/b12-5-. The third kappa shape index (κ3) is 10.2. The highest BCUT2D eigenvalue weighted by Crippen LogP contribution is 2.23. The SMILES string of the molecule is O=C(NCCCCC/C=C(\F)CO)Nc1ccc(OC(F)(F)F)cc1. The van der Waals surface area contributed by atoms with Crippen LogP contribution in [0.4, 0.5) is 28.0 Å². The average Bonchev–Trinajstić information content (AvgIpc) is 2.54. The number of hydrogen-bond acceptors (Lipinski definition) is 3. The highest BCUT2D eigenvalue weighted by atomic mass is 19.4. The molecule has 0 fully saturated rings. The van der Waals surface area contributed by atoms with Crippen molar-refractivity contribution in [2.45, 2.75) is 32.0 Å². The molecule has 0 aliphatic rings. The Balaban J connectivity index is 2.20. The Hall–Kier alpha value is -2.29. The van der Waals surface area contributed by atoms with E-state index in [0.29, 0.717) is 25.1 Å². The zero-order chi connectivity index (χ0) is 18.7. The van der Waals surface area contributed by atoms with E-state index >= 15 is 0 Å². The highest BCUT2D eigenvalue weighted by molar-refractivity contribution is 5.89. The summed E-state index contributed by atoms with van der Waals surface area (Å²) in [5.41, 5.74) is 0.330. The average molecular weight is 364 g/mol. The predicted molar refractivity (Wildman–Crippen MR) is 84.9 cm³/mol. The van der Waals surface area contributed by atoms with E-state index in [1.807, 2.05) is 0 Å². The second kappa shape index (κ2) is 10.5. The van der Waals surface area contributed by atoms with Gasteiger partial charge in [-0.1, -0.05) is 12.5 Å². The lowest BCUT2D eigenvalue weighted by molar-refractivity contribution is -0.274. The summed E-state index contributed by atoms with van der Waals surface area (Å²) in [7, 11) is 0. The topological polar surface area (TPSA) is 70.6 Å². The van der Waals surface area contributed by atoms with E-state index in [4.69, 9.17) is 5.11 Å². The Bertz CT molecular complexity index is 559. The molecule has 0 heterocycles. The first-order valence-corrected chi connectivity index (χ1v) is 7.66. The molecule has 0 saturated heterocycles. The van der Waals surface area contributed by atoms with Crippen molar-refractivity contribution < 1.29 is 32.2 Å². The van der Waals surface area contributed by atoms with Gasteiger partial charge < -0.3 is 20.5 Å².